The van der Waals surface area contributed by atoms with Gasteiger partial charge in [0.05, 0.1) is 17.1 Å². The van der Waals surface area contributed by atoms with Crippen LogP contribution >= 0.6 is 11.6 Å². The van der Waals surface area contributed by atoms with Crippen LogP contribution in [0.5, 0.6) is 0 Å². The number of hydrogen-bond donors (Lipinski definition) is 1. The first-order chi connectivity index (χ1) is 14.1. The van der Waals surface area contributed by atoms with Crippen molar-refractivity contribution in [1.29, 1.82) is 0 Å². The summed E-state index contributed by atoms with van der Waals surface area (Å²) in [6.45, 7) is 3.21. The van der Waals surface area contributed by atoms with E-state index < -0.39 is 11.7 Å². The fourth-order valence-electron chi connectivity index (χ4n) is 3.06. The number of anilines is 1. The van der Waals surface area contributed by atoms with E-state index in [2.05, 4.69) is 10.3 Å². The van der Waals surface area contributed by atoms with Crippen LogP contribution in [0, 0.1) is 6.92 Å². The van der Waals surface area contributed by atoms with Crippen LogP contribution in [0.15, 0.2) is 36.5 Å². The number of pyridine rings is 1. The molecular formula is C20H20ClF3N4O2. The third-order valence-corrected chi connectivity index (χ3v) is 5.07. The number of piperazine rings is 1. The van der Waals surface area contributed by atoms with Crippen LogP contribution < -0.4 is 10.2 Å². The zero-order valence-electron chi connectivity index (χ0n) is 16.2. The van der Waals surface area contributed by atoms with Crippen molar-refractivity contribution in [2.24, 2.45) is 0 Å². The number of rotatable bonds is 4. The summed E-state index contributed by atoms with van der Waals surface area (Å²) < 4.78 is 38.3. The number of benzene rings is 1. The molecule has 6 nitrogen and oxygen atoms in total. The Kier molecular flexibility index (Phi) is 6.50. The van der Waals surface area contributed by atoms with E-state index >= 15 is 0 Å². The third kappa shape index (κ3) is 5.21. The first-order valence-electron chi connectivity index (χ1n) is 9.25. The van der Waals surface area contributed by atoms with E-state index in [0.717, 1.165) is 17.8 Å². The maximum Gasteiger partial charge on any atom is 0.417 e. The molecule has 2 heterocycles. The van der Waals surface area contributed by atoms with Crippen molar-refractivity contribution in [1.82, 2.24) is 15.2 Å². The number of halogens is 4. The summed E-state index contributed by atoms with van der Waals surface area (Å²) in [5, 5.41) is 2.52. The van der Waals surface area contributed by atoms with Gasteiger partial charge in [0.1, 0.15) is 5.82 Å². The van der Waals surface area contributed by atoms with Crippen LogP contribution in [0.4, 0.5) is 19.0 Å². The molecule has 1 aromatic heterocycles. The van der Waals surface area contributed by atoms with Crippen LogP contribution in [0.2, 0.25) is 5.02 Å². The summed E-state index contributed by atoms with van der Waals surface area (Å²) in [6.07, 6.45) is -3.76. The van der Waals surface area contributed by atoms with E-state index in [1.807, 2.05) is 19.1 Å². The molecule has 1 N–H and O–H groups in total. The van der Waals surface area contributed by atoms with E-state index in [9.17, 15) is 22.8 Å². The van der Waals surface area contributed by atoms with E-state index in [0.29, 0.717) is 31.7 Å². The fraction of sp³-hybridized carbons (Fsp3) is 0.350. The van der Waals surface area contributed by atoms with Crippen molar-refractivity contribution in [2.75, 3.05) is 37.6 Å². The van der Waals surface area contributed by atoms with E-state index in [4.69, 9.17) is 11.6 Å². The Morgan fingerprint density at radius 1 is 1.13 bits per heavy atom. The van der Waals surface area contributed by atoms with Gasteiger partial charge in [0.2, 0.25) is 5.91 Å². The molecule has 0 saturated carbocycles. The molecule has 1 aromatic carbocycles. The highest BCUT2D eigenvalue weighted by Crippen LogP contribution is 2.33. The summed E-state index contributed by atoms with van der Waals surface area (Å²) in [6, 6.07) is 7.86. The molecule has 0 radical (unpaired) electrons. The standard InChI is InChI=1S/C20H20ClF3N4O2/c1-13-2-4-14(5-3-13)19(30)26-12-17(29)27-6-8-28(9-7-27)18-16(21)10-15(11-25-18)20(22,23)24/h2-5,10-11H,6-9,12H2,1H3,(H,26,30). The van der Waals surface area contributed by atoms with Gasteiger partial charge in [-0.1, -0.05) is 29.3 Å². The van der Waals surface area contributed by atoms with Gasteiger partial charge in [-0.25, -0.2) is 4.98 Å². The molecule has 3 rings (SSSR count). The summed E-state index contributed by atoms with van der Waals surface area (Å²) >= 11 is 5.99. The Labute approximate surface area is 176 Å². The zero-order valence-corrected chi connectivity index (χ0v) is 16.9. The Morgan fingerprint density at radius 2 is 1.77 bits per heavy atom. The fourth-order valence-corrected chi connectivity index (χ4v) is 3.35. The zero-order chi connectivity index (χ0) is 21.9. The second-order valence-corrected chi connectivity index (χ2v) is 7.35. The molecule has 1 aliphatic heterocycles. The predicted molar refractivity (Wildman–Crippen MR) is 107 cm³/mol. The second-order valence-electron chi connectivity index (χ2n) is 6.94. The van der Waals surface area contributed by atoms with E-state index in [1.165, 1.54) is 0 Å². The maximum atomic E-state index is 12.8. The Balaban J connectivity index is 1.52. The molecule has 1 saturated heterocycles. The highest BCUT2D eigenvalue weighted by molar-refractivity contribution is 6.33. The lowest BCUT2D eigenvalue weighted by Gasteiger charge is -2.35. The molecule has 0 atom stereocenters. The molecule has 0 aliphatic carbocycles. The number of aryl methyl sites for hydroxylation is 1. The van der Waals surface area contributed by atoms with Crippen LogP contribution in [0.3, 0.4) is 0 Å². The minimum Gasteiger partial charge on any atom is -0.352 e. The quantitative estimate of drug-likeness (QED) is 0.793. The SMILES string of the molecule is Cc1ccc(C(=O)NCC(=O)N2CCN(c3ncc(C(F)(F)F)cc3Cl)CC2)cc1. The molecular weight excluding hydrogens is 421 g/mol. The summed E-state index contributed by atoms with van der Waals surface area (Å²) in [7, 11) is 0. The summed E-state index contributed by atoms with van der Waals surface area (Å²) in [4.78, 5) is 31.7. The highest BCUT2D eigenvalue weighted by Gasteiger charge is 2.32. The van der Waals surface area contributed by atoms with Crippen molar-refractivity contribution in [3.63, 3.8) is 0 Å². The van der Waals surface area contributed by atoms with Crippen LogP contribution in [0.25, 0.3) is 0 Å². The van der Waals surface area contributed by atoms with Gasteiger partial charge in [0.25, 0.3) is 5.91 Å². The number of carbonyl (C=O) groups is 2. The van der Waals surface area contributed by atoms with E-state index in [1.54, 1.807) is 21.9 Å². The monoisotopic (exact) mass is 440 g/mol. The first-order valence-corrected chi connectivity index (χ1v) is 9.63. The van der Waals surface area contributed by atoms with Gasteiger partial charge in [0, 0.05) is 37.9 Å². The molecule has 1 fully saturated rings. The number of nitrogens with zero attached hydrogens (tertiary/aromatic N) is 3. The number of amides is 2. The van der Waals surface area contributed by atoms with Crippen molar-refractivity contribution in [3.8, 4) is 0 Å². The van der Waals surface area contributed by atoms with Gasteiger partial charge in [-0.15, -0.1) is 0 Å². The van der Waals surface area contributed by atoms with Crippen LogP contribution in [0.1, 0.15) is 21.5 Å². The molecule has 10 heteroatoms. The van der Waals surface area contributed by atoms with Gasteiger partial charge >= 0.3 is 6.18 Å². The molecule has 2 aromatic rings. The molecule has 0 unspecified atom stereocenters. The minimum absolute atomic E-state index is 0.0880. The average Bonchev–Trinajstić information content (AvgIpc) is 2.71. The Hall–Kier alpha value is -2.81. The van der Waals surface area contributed by atoms with Crippen molar-refractivity contribution in [2.45, 2.75) is 13.1 Å². The number of nitrogens with one attached hydrogen (secondary N) is 1. The second kappa shape index (κ2) is 8.91. The molecule has 1 aliphatic rings. The lowest BCUT2D eigenvalue weighted by Crippen LogP contribution is -2.51. The maximum absolute atomic E-state index is 12.8. The largest absolute Gasteiger partial charge is 0.417 e. The van der Waals surface area contributed by atoms with Gasteiger partial charge < -0.3 is 15.1 Å². The number of alkyl halides is 3. The lowest BCUT2D eigenvalue weighted by atomic mass is 10.1. The molecule has 0 spiro atoms. The average molecular weight is 441 g/mol. The topological polar surface area (TPSA) is 65.5 Å². The van der Waals surface area contributed by atoms with Crippen molar-refractivity contribution >= 4 is 29.2 Å². The number of carbonyl (C=O) groups excluding carboxylic acids is 2. The molecule has 2 amide bonds. The lowest BCUT2D eigenvalue weighted by molar-refractivity contribution is -0.137. The van der Waals surface area contributed by atoms with E-state index in [-0.39, 0.29) is 29.2 Å². The Bertz CT molecular complexity index is 927. The smallest absolute Gasteiger partial charge is 0.352 e. The first kappa shape index (κ1) is 21.9. The normalized spacial score (nSPS) is 14.6. The predicted octanol–water partition coefficient (Wildman–Crippen LogP) is 3.14. The highest BCUT2D eigenvalue weighted by atomic mass is 35.5. The van der Waals surface area contributed by atoms with Crippen molar-refractivity contribution in [3.05, 3.63) is 58.2 Å². The summed E-state index contributed by atoms with van der Waals surface area (Å²) in [5.41, 5.74) is 0.596. The molecule has 160 valence electrons. The number of aromatic nitrogens is 1. The van der Waals surface area contributed by atoms with Gasteiger partial charge in [-0.2, -0.15) is 13.2 Å². The van der Waals surface area contributed by atoms with Gasteiger partial charge in [-0.3, -0.25) is 9.59 Å². The van der Waals surface area contributed by atoms with Crippen LogP contribution in [-0.2, 0) is 11.0 Å². The van der Waals surface area contributed by atoms with Gasteiger partial charge in [-0.05, 0) is 25.1 Å². The minimum atomic E-state index is -4.51. The van der Waals surface area contributed by atoms with Gasteiger partial charge in [0.15, 0.2) is 0 Å². The molecule has 0 bridgehead atoms. The summed E-state index contributed by atoms with van der Waals surface area (Å²) in [5.74, 6) is -0.311. The molecule has 30 heavy (non-hydrogen) atoms. The third-order valence-electron chi connectivity index (χ3n) is 4.79. The number of hydrogen-bond acceptors (Lipinski definition) is 4. The Morgan fingerprint density at radius 3 is 2.33 bits per heavy atom. The van der Waals surface area contributed by atoms with Crippen molar-refractivity contribution < 1.29 is 22.8 Å². The van der Waals surface area contributed by atoms with Crippen LogP contribution in [-0.4, -0.2) is 54.4 Å².